The van der Waals surface area contributed by atoms with Crippen LogP contribution >= 0.6 is 12.8 Å². The third-order valence-corrected chi connectivity index (χ3v) is 4.04. The molecule has 100 valence electrons. The summed E-state index contributed by atoms with van der Waals surface area (Å²) in [5.74, 6) is 0. The first kappa shape index (κ1) is 13.8. The van der Waals surface area contributed by atoms with Gasteiger partial charge >= 0.3 is 0 Å². The van der Waals surface area contributed by atoms with Crippen molar-refractivity contribution in [1.82, 2.24) is 14.2 Å². The second-order valence-corrected chi connectivity index (χ2v) is 6.77. The van der Waals surface area contributed by atoms with Gasteiger partial charge in [0.2, 0.25) is 0 Å². The molecule has 0 N–H and O–H groups in total. The van der Waals surface area contributed by atoms with E-state index in [1.807, 2.05) is 12.3 Å². The number of piperazine rings is 1. The van der Waals surface area contributed by atoms with Crippen molar-refractivity contribution in [2.75, 3.05) is 19.6 Å². The molecule has 1 aromatic heterocycles. The fraction of sp³-hybridized carbons (Fsp3) is 0.643. The van der Waals surface area contributed by atoms with E-state index >= 15 is 0 Å². The molecular weight excluding hydrogens is 242 g/mol. The average Bonchev–Trinajstić information content (AvgIpc) is 2.28. The number of nitrogens with zero attached hydrogens (tertiary/aromatic N) is 3. The molecule has 0 spiro atoms. The molecule has 0 aromatic carbocycles. The lowest BCUT2D eigenvalue weighted by molar-refractivity contribution is -0.0300. The molecule has 1 aliphatic heterocycles. The predicted molar refractivity (Wildman–Crippen MR) is 78.6 cm³/mol. The molecule has 18 heavy (non-hydrogen) atoms. The van der Waals surface area contributed by atoms with Crippen LogP contribution in [0.25, 0.3) is 0 Å². The summed E-state index contributed by atoms with van der Waals surface area (Å²) in [5.41, 5.74) is 1.17. The lowest BCUT2D eigenvalue weighted by atomic mass is 9.87. The van der Waals surface area contributed by atoms with Crippen LogP contribution in [-0.2, 0) is 5.54 Å². The van der Waals surface area contributed by atoms with Crippen molar-refractivity contribution in [2.24, 2.45) is 0 Å². The van der Waals surface area contributed by atoms with Crippen LogP contribution in [0.5, 0.6) is 0 Å². The van der Waals surface area contributed by atoms with E-state index in [4.69, 9.17) is 0 Å². The summed E-state index contributed by atoms with van der Waals surface area (Å²) >= 11 is 4.54. The molecular formula is C14H23N3S. The molecule has 1 aromatic rings. The number of hydrogen-bond acceptors (Lipinski definition) is 4. The molecule has 0 radical (unpaired) electrons. The van der Waals surface area contributed by atoms with Crippen molar-refractivity contribution in [3.05, 3.63) is 30.1 Å². The first-order valence-corrected chi connectivity index (χ1v) is 6.87. The lowest BCUT2D eigenvalue weighted by Gasteiger charge is -2.53. The van der Waals surface area contributed by atoms with Crippen LogP contribution in [0.1, 0.15) is 33.4 Å². The zero-order valence-corrected chi connectivity index (χ0v) is 12.6. The van der Waals surface area contributed by atoms with Gasteiger partial charge in [0.15, 0.2) is 0 Å². The van der Waals surface area contributed by atoms with Gasteiger partial charge < -0.3 is 0 Å². The van der Waals surface area contributed by atoms with Gasteiger partial charge in [-0.3, -0.25) is 9.88 Å². The molecule has 1 unspecified atom stereocenters. The standard InChI is InChI=1S/C14H23N3S/c1-13(2,3)17-10-9-16(18)11-14(17,4)12-7-5-6-8-15-12/h5-8,18H,9-11H2,1-4H3. The fourth-order valence-electron chi connectivity index (χ4n) is 2.96. The first-order valence-electron chi connectivity index (χ1n) is 6.47. The summed E-state index contributed by atoms with van der Waals surface area (Å²) in [4.78, 5) is 7.11. The smallest absolute Gasteiger partial charge is 0.0747 e. The molecule has 2 heterocycles. The maximum Gasteiger partial charge on any atom is 0.0747 e. The van der Waals surface area contributed by atoms with Gasteiger partial charge in [0.05, 0.1) is 11.2 Å². The van der Waals surface area contributed by atoms with E-state index in [0.29, 0.717) is 0 Å². The highest BCUT2D eigenvalue weighted by molar-refractivity contribution is 7.77. The van der Waals surface area contributed by atoms with Crippen molar-refractivity contribution in [1.29, 1.82) is 0 Å². The Balaban J connectivity index is 2.41. The summed E-state index contributed by atoms with van der Waals surface area (Å²) in [5, 5.41) is 0. The molecule has 2 rings (SSSR count). The quantitative estimate of drug-likeness (QED) is 0.788. The van der Waals surface area contributed by atoms with Gasteiger partial charge in [-0.25, -0.2) is 4.31 Å². The first-order chi connectivity index (χ1) is 8.34. The molecule has 0 aliphatic carbocycles. The zero-order valence-electron chi connectivity index (χ0n) is 11.7. The Morgan fingerprint density at radius 3 is 2.56 bits per heavy atom. The summed E-state index contributed by atoms with van der Waals surface area (Å²) in [6.45, 7) is 12.0. The Bertz CT molecular complexity index is 401. The van der Waals surface area contributed by atoms with Crippen LogP contribution in [-0.4, -0.2) is 39.4 Å². The maximum absolute atomic E-state index is 4.57. The van der Waals surface area contributed by atoms with Gasteiger partial charge in [-0.15, -0.1) is 0 Å². The summed E-state index contributed by atoms with van der Waals surface area (Å²) < 4.78 is 2.09. The summed E-state index contributed by atoms with van der Waals surface area (Å²) in [7, 11) is 0. The number of thiol groups is 1. The monoisotopic (exact) mass is 265 g/mol. The molecule has 1 aliphatic rings. The largest absolute Gasteiger partial charge is 0.285 e. The molecule has 4 heteroatoms. The highest BCUT2D eigenvalue weighted by Gasteiger charge is 2.44. The SMILES string of the molecule is CC(C)(C)N1CCN(S)CC1(C)c1ccccn1. The highest BCUT2D eigenvalue weighted by Crippen LogP contribution is 2.36. The fourth-order valence-corrected chi connectivity index (χ4v) is 3.32. The zero-order chi connectivity index (χ0) is 13.4. The van der Waals surface area contributed by atoms with Crippen LogP contribution in [0, 0.1) is 0 Å². The van der Waals surface area contributed by atoms with Crippen molar-refractivity contribution >= 4 is 12.8 Å². The molecule has 3 nitrogen and oxygen atoms in total. The van der Waals surface area contributed by atoms with Crippen LogP contribution in [0.2, 0.25) is 0 Å². The topological polar surface area (TPSA) is 19.4 Å². The van der Waals surface area contributed by atoms with Crippen molar-refractivity contribution < 1.29 is 0 Å². The second-order valence-electron chi connectivity index (χ2n) is 6.20. The van der Waals surface area contributed by atoms with Crippen LogP contribution in [0.3, 0.4) is 0 Å². The Morgan fingerprint density at radius 2 is 2.00 bits per heavy atom. The van der Waals surface area contributed by atoms with E-state index in [1.54, 1.807) is 0 Å². The minimum Gasteiger partial charge on any atom is -0.285 e. The highest BCUT2D eigenvalue weighted by atomic mass is 32.1. The third kappa shape index (κ3) is 2.56. The number of aromatic nitrogens is 1. The molecule has 1 saturated heterocycles. The Labute approximate surface area is 116 Å². The van der Waals surface area contributed by atoms with E-state index in [-0.39, 0.29) is 11.1 Å². The predicted octanol–water partition coefficient (Wildman–Crippen LogP) is 2.56. The number of rotatable bonds is 1. The Hall–Kier alpha value is -0.580. The van der Waals surface area contributed by atoms with Gasteiger partial charge in [-0.2, -0.15) is 0 Å². The third-order valence-electron chi connectivity index (χ3n) is 3.69. The molecule has 1 fully saturated rings. The minimum absolute atomic E-state index is 0.0838. The Kier molecular flexibility index (Phi) is 3.72. The summed E-state index contributed by atoms with van der Waals surface area (Å²) in [6, 6.07) is 6.15. The van der Waals surface area contributed by atoms with Crippen molar-refractivity contribution in [3.63, 3.8) is 0 Å². The van der Waals surface area contributed by atoms with Gasteiger partial charge in [0.25, 0.3) is 0 Å². The van der Waals surface area contributed by atoms with Crippen LogP contribution < -0.4 is 0 Å². The molecule has 0 saturated carbocycles. The van der Waals surface area contributed by atoms with E-state index < -0.39 is 0 Å². The van der Waals surface area contributed by atoms with E-state index in [2.05, 4.69) is 66.8 Å². The maximum atomic E-state index is 4.57. The van der Waals surface area contributed by atoms with Gasteiger partial charge in [0.1, 0.15) is 0 Å². The van der Waals surface area contributed by atoms with Crippen molar-refractivity contribution in [2.45, 2.75) is 38.8 Å². The molecule has 0 bridgehead atoms. The number of pyridine rings is 1. The minimum atomic E-state index is -0.0838. The van der Waals surface area contributed by atoms with Gasteiger partial charge in [0, 0.05) is 31.4 Å². The van der Waals surface area contributed by atoms with Crippen LogP contribution in [0.4, 0.5) is 0 Å². The lowest BCUT2D eigenvalue weighted by Crippen LogP contribution is -2.62. The van der Waals surface area contributed by atoms with Crippen molar-refractivity contribution in [3.8, 4) is 0 Å². The van der Waals surface area contributed by atoms with Crippen LogP contribution in [0.15, 0.2) is 24.4 Å². The second kappa shape index (κ2) is 4.83. The molecule has 1 atom stereocenters. The normalized spacial score (nSPS) is 27.4. The number of hydrogen-bond donors (Lipinski definition) is 1. The summed E-state index contributed by atoms with van der Waals surface area (Å²) in [6.07, 6.45) is 1.87. The van der Waals surface area contributed by atoms with E-state index in [0.717, 1.165) is 25.3 Å². The average molecular weight is 265 g/mol. The van der Waals surface area contributed by atoms with E-state index in [1.165, 1.54) is 0 Å². The Morgan fingerprint density at radius 1 is 1.28 bits per heavy atom. The van der Waals surface area contributed by atoms with E-state index in [9.17, 15) is 0 Å². The van der Waals surface area contributed by atoms with Gasteiger partial charge in [-0.1, -0.05) is 18.9 Å². The van der Waals surface area contributed by atoms with Gasteiger partial charge in [-0.05, 0) is 39.8 Å². The molecule has 0 amide bonds.